The van der Waals surface area contributed by atoms with Gasteiger partial charge in [0.2, 0.25) is 0 Å². The van der Waals surface area contributed by atoms with Crippen LogP contribution in [0.5, 0.6) is 0 Å². The number of benzene rings is 1. The molecule has 0 fully saturated rings. The molecule has 0 bridgehead atoms. The topological polar surface area (TPSA) is 17.1 Å². The number of allylic oxidation sites excluding steroid dienone is 7. The van der Waals surface area contributed by atoms with Gasteiger partial charge < -0.3 is 0 Å². The fourth-order valence-electron chi connectivity index (χ4n) is 2.16. The molecule has 88 valence electrons. The molecule has 0 heterocycles. The van der Waals surface area contributed by atoms with E-state index in [0.717, 1.165) is 22.3 Å². The zero-order valence-electron chi connectivity index (χ0n) is 9.64. The van der Waals surface area contributed by atoms with Crippen molar-refractivity contribution in [2.24, 2.45) is 0 Å². The van der Waals surface area contributed by atoms with Crippen LogP contribution in [-0.4, -0.2) is 11.2 Å². The third kappa shape index (κ3) is 1.98. The zero-order valence-corrected chi connectivity index (χ0v) is 10.4. The Bertz CT molecular complexity index is 632. The summed E-state index contributed by atoms with van der Waals surface area (Å²) in [4.78, 5) is 12.2. The van der Waals surface area contributed by atoms with Crippen molar-refractivity contribution in [3.8, 4) is 0 Å². The summed E-state index contributed by atoms with van der Waals surface area (Å²) in [6.07, 6.45) is 11.4. The summed E-state index contributed by atoms with van der Waals surface area (Å²) in [5, 5.41) is -0.105. The Morgan fingerprint density at radius 2 is 1.83 bits per heavy atom. The van der Waals surface area contributed by atoms with E-state index in [1.807, 2.05) is 54.6 Å². The minimum Gasteiger partial charge on any atom is -0.289 e. The van der Waals surface area contributed by atoms with Gasteiger partial charge in [0.1, 0.15) is 0 Å². The van der Waals surface area contributed by atoms with E-state index in [9.17, 15) is 4.79 Å². The summed E-state index contributed by atoms with van der Waals surface area (Å²) in [7, 11) is 0. The lowest BCUT2D eigenvalue weighted by atomic mass is 9.92. The second-order valence-electron chi connectivity index (χ2n) is 4.31. The van der Waals surface area contributed by atoms with E-state index >= 15 is 0 Å². The van der Waals surface area contributed by atoms with Gasteiger partial charge in [-0.1, -0.05) is 54.6 Å². The van der Waals surface area contributed by atoms with Crippen molar-refractivity contribution >= 4 is 23.5 Å². The van der Waals surface area contributed by atoms with Crippen molar-refractivity contribution in [2.45, 2.75) is 5.38 Å². The van der Waals surface area contributed by atoms with E-state index in [-0.39, 0.29) is 11.2 Å². The van der Waals surface area contributed by atoms with Gasteiger partial charge in [-0.05, 0) is 22.8 Å². The summed E-state index contributed by atoms with van der Waals surface area (Å²) < 4.78 is 0. The van der Waals surface area contributed by atoms with Crippen LogP contribution in [0.2, 0.25) is 0 Å². The zero-order chi connectivity index (χ0) is 12.5. The van der Waals surface area contributed by atoms with E-state index in [2.05, 4.69) is 0 Å². The predicted octanol–water partition coefficient (Wildman–Crippen LogP) is 3.93. The molecule has 0 saturated carbocycles. The van der Waals surface area contributed by atoms with E-state index in [0.29, 0.717) is 0 Å². The number of carbonyl (C=O) groups excluding carboxylic acids is 1. The Hall–Kier alpha value is -1.86. The molecule has 0 aliphatic heterocycles. The second-order valence-corrected chi connectivity index (χ2v) is 4.81. The Kier molecular flexibility index (Phi) is 2.77. The Labute approximate surface area is 111 Å². The van der Waals surface area contributed by atoms with Crippen LogP contribution >= 0.6 is 11.6 Å². The third-order valence-electron chi connectivity index (χ3n) is 3.09. The summed E-state index contributed by atoms with van der Waals surface area (Å²) in [5.74, 6) is 0.0357. The Morgan fingerprint density at radius 3 is 2.72 bits per heavy atom. The SMILES string of the molecule is O=C1/C=C2/C=CC(Cl)C=C2/C=C\c2ccccc21. The van der Waals surface area contributed by atoms with E-state index in [4.69, 9.17) is 11.6 Å². The monoisotopic (exact) mass is 254 g/mol. The lowest BCUT2D eigenvalue weighted by Crippen LogP contribution is -2.05. The molecule has 0 saturated heterocycles. The number of halogens is 1. The predicted molar refractivity (Wildman–Crippen MR) is 74.8 cm³/mol. The average Bonchev–Trinajstić information content (AvgIpc) is 2.37. The van der Waals surface area contributed by atoms with Crippen molar-refractivity contribution in [1.82, 2.24) is 0 Å². The summed E-state index contributed by atoms with van der Waals surface area (Å²) in [5.41, 5.74) is 3.60. The van der Waals surface area contributed by atoms with Gasteiger partial charge in [0.15, 0.2) is 5.78 Å². The molecule has 0 N–H and O–H groups in total. The first-order valence-corrected chi connectivity index (χ1v) is 6.25. The molecule has 0 radical (unpaired) electrons. The molecule has 1 unspecified atom stereocenters. The largest absolute Gasteiger partial charge is 0.289 e. The number of hydrogen-bond acceptors (Lipinski definition) is 1. The molecule has 3 rings (SSSR count). The van der Waals surface area contributed by atoms with Crippen molar-refractivity contribution < 1.29 is 4.79 Å². The van der Waals surface area contributed by atoms with E-state index < -0.39 is 0 Å². The van der Waals surface area contributed by atoms with Crippen LogP contribution in [-0.2, 0) is 0 Å². The van der Waals surface area contributed by atoms with Gasteiger partial charge in [-0.25, -0.2) is 0 Å². The maximum atomic E-state index is 12.2. The summed E-state index contributed by atoms with van der Waals surface area (Å²) in [6, 6.07) is 7.61. The molecule has 1 aromatic carbocycles. The standard InChI is InChI=1S/C16H11ClO/c17-14-8-7-13-10-16(18)15-4-2-1-3-11(15)5-6-12(13)9-14/h1-10,14H/b6-5-,13-10-. The second kappa shape index (κ2) is 4.43. The maximum absolute atomic E-state index is 12.2. The van der Waals surface area contributed by atoms with Gasteiger partial charge in [0, 0.05) is 5.56 Å². The highest BCUT2D eigenvalue weighted by atomic mass is 35.5. The van der Waals surface area contributed by atoms with Crippen LogP contribution in [0.25, 0.3) is 6.08 Å². The highest BCUT2D eigenvalue weighted by Crippen LogP contribution is 2.26. The first-order chi connectivity index (χ1) is 8.74. The molecule has 1 aromatic rings. The molecular formula is C16H11ClO. The number of hydrogen-bond donors (Lipinski definition) is 0. The fourth-order valence-corrected chi connectivity index (χ4v) is 2.37. The van der Waals surface area contributed by atoms with Gasteiger partial charge >= 0.3 is 0 Å². The highest BCUT2D eigenvalue weighted by molar-refractivity contribution is 6.23. The fraction of sp³-hybridized carbons (Fsp3) is 0.0625. The van der Waals surface area contributed by atoms with Crippen molar-refractivity contribution in [3.63, 3.8) is 0 Å². The summed E-state index contributed by atoms with van der Waals surface area (Å²) in [6.45, 7) is 0. The van der Waals surface area contributed by atoms with Gasteiger partial charge in [0.05, 0.1) is 5.38 Å². The van der Waals surface area contributed by atoms with Crippen molar-refractivity contribution in [3.05, 3.63) is 76.9 Å². The van der Waals surface area contributed by atoms with Crippen LogP contribution in [0.3, 0.4) is 0 Å². The smallest absolute Gasteiger partial charge is 0.187 e. The van der Waals surface area contributed by atoms with Crippen LogP contribution in [0.15, 0.2) is 65.8 Å². The van der Waals surface area contributed by atoms with Gasteiger partial charge in [-0.3, -0.25) is 4.79 Å². The van der Waals surface area contributed by atoms with Gasteiger partial charge in [-0.15, -0.1) is 11.6 Å². The molecule has 0 amide bonds. The first kappa shape index (κ1) is 11.2. The number of alkyl halides is 1. The summed E-state index contributed by atoms with van der Waals surface area (Å²) >= 11 is 6.06. The molecule has 1 atom stereocenters. The lowest BCUT2D eigenvalue weighted by Gasteiger charge is -2.14. The minimum absolute atomic E-state index is 0.0357. The normalized spacial score (nSPS) is 26.1. The molecule has 2 aliphatic carbocycles. The molecule has 1 nitrogen and oxygen atoms in total. The number of rotatable bonds is 0. The maximum Gasteiger partial charge on any atom is 0.187 e. The average molecular weight is 255 g/mol. The van der Waals surface area contributed by atoms with Crippen LogP contribution in [0.4, 0.5) is 0 Å². The Balaban J connectivity index is 2.17. The number of fused-ring (bicyclic) bond motifs is 2. The third-order valence-corrected chi connectivity index (χ3v) is 3.36. The van der Waals surface area contributed by atoms with Crippen LogP contribution < -0.4 is 0 Å². The van der Waals surface area contributed by atoms with Crippen molar-refractivity contribution in [1.29, 1.82) is 0 Å². The molecule has 2 heteroatoms. The first-order valence-electron chi connectivity index (χ1n) is 5.82. The van der Waals surface area contributed by atoms with Gasteiger partial charge in [-0.2, -0.15) is 0 Å². The lowest BCUT2D eigenvalue weighted by molar-refractivity contribution is 0.104. The van der Waals surface area contributed by atoms with Crippen LogP contribution in [0.1, 0.15) is 15.9 Å². The number of ketones is 1. The minimum atomic E-state index is -0.105. The van der Waals surface area contributed by atoms with Crippen LogP contribution in [0, 0.1) is 0 Å². The number of carbonyl (C=O) groups is 1. The molecule has 0 aromatic heterocycles. The Morgan fingerprint density at radius 1 is 1.00 bits per heavy atom. The van der Waals surface area contributed by atoms with E-state index in [1.54, 1.807) is 6.08 Å². The van der Waals surface area contributed by atoms with E-state index in [1.165, 1.54) is 0 Å². The van der Waals surface area contributed by atoms with Gasteiger partial charge in [0.25, 0.3) is 0 Å². The highest BCUT2D eigenvalue weighted by Gasteiger charge is 2.15. The molecule has 18 heavy (non-hydrogen) atoms. The quantitative estimate of drug-likeness (QED) is 0.641. The molecular weight excluding hydrogens is 244 g/mol. The van der Waals surface area contributed by atoms with Crippen molar-refractivity contribution in [2.75, 3.05) is 0 Å². The molecule has 0 spiro atoms. The molecule has 2 aliphatic rings.